The summed E-state index contributed by atoms with van der Waals surface area (Å²) < 4.78 is 19.3. The molecule has 0 aromatic heterocycles. The lowest BCUT2D eigenvalue weighted by Crippen LogP contribution is -2.46. The highest BCUT2D eigenvalue weighted by Crippen LogP contribution is 2.22. The molecule has 1 atom stereocenters. The minimum absolute atomic E-state index is 0. The number of guanidine groups is 1. The number of nitrogens with zero attached hydrogens (tertiary/aromatic N) is 3. The minimum atomic E-state index is -0.194. The summed E-state index contributed by atoms with van der Waals surface area (Å²) in [5, 5.41) is 6.88. The fraction of sp³-hybridized carbons (Fsp3) is 0.696. The van der Waals surface area contributed by atoms with Crippen LogP contribution in [-0.4, -0.2) is 81.8 Å². The van der Waals surface area contributed by atoms with E-state index in [2.05, 4.69) is 32.3 Å². The number of hydrogen-bond donors (Lipinski definition) is 2. The second-order valence-electron chi connectivity index (χ2n) is 8.48. The number of morpholine rings is 1. The largest absolute Gasteiger partial charge is 0.379 e. The molecule has 1 unspecified atom stereocenters. The van der Waals surface area contributed by atoms with Crippen LogP contribution in [0.15, 0.2) is 29.3 Å². The molecule has 6 nitrogen and oxygen atoms in total. The van der Waals surface area contributed by atoms with Crippen molar-refractivity contribution in [3.8, 4) is 0 Å². The number of rotatable bonds is 8. The molecule has 176 valence electrons. The van der Waals surface area contributed by atoms with Crippen molar-refractivity contribution >= 4 is 29.9 Å². The number of ether oxygens (including phenoxy) is 1. The first-order valence-electron chi connectivity index (χ1n) is 11.4. The molecule has 0 amide bonds. The van der Waals surface area contributed by atoms with Crippen molar-refractivity contribution in [3.05, 3.63) is 35.6 Å². The highest BCUT2D eigenvalue weighted by Gasteiger charge is 2.23. The first-order valence-corrected chi connectivity index (χ1v) is 11.4. The lowest BCUT2D eigenvalue weighted by atomic mass is 9.99. The van der Waals surface area contributed by atoms with Crippen molar-refractivity contribution in [1.82, 2.24) is 20.4 Å². The summed E-state index contributed by atoms with van der Waals surface area (Å²) in [5.41, 5.74) is 0.985. The van der Waals surface area contributed by atoms with Crippen molar-refractivity contribution in [2.45, 2.75) is 32.2 Å². The van der Waals surface area contributed by atoms with Crippen molar-refractivity contribution in [3.63, 3.8) is 0 Å². The lowest BCUT2D eigenvalue weighted by Gasteiger charge is -2.35. The first kappa shape index (κ1) is 26.3. The van der Waals surface area contributed by atoms with E-state index in [1.54, 1.807) is 19.2 Å². The van der Waals surface area contributed by atoms with E-state index in [0.29, 0.717) is 19.8 Å². The van der Waals surface area contributed by atoms with Crippen LogP contribution in [0.3, 0.4) is 0 Å². The van der Waals surface area contributed by atoms with Gasteiger partial charge in [0.25, 0.3) is 0 Å². The Bertz CT molecular complexity index is 663. The molecular formula is C23H39FIN5O. The number of benzene rings is 1. The van der Waals surface area contributed by atoms with Crippen LogP contribution in [0.1, 0.15) is 37.8 Å². The summed E-state index contributed by atoms with van der Waals surface area (Å²) in [6.07, 6.45) is 3.74. The molecule has 2 saturated heterocycles. The van der Waals surface area contributed by atoms with E-state index in [1.807, 2.05) is 6.07 Å². The van der Waals surface area contributed by atoms with E-state index in [4.69, 9.17) is 4.74 Å². The molecule has 2 aliphatic rings. The molecule has 2 fully saturated rings. The van der Waals surface area contributed by atoms with Crippen LogP contribution in [0.25, 0.3) is 0 Å². The van der Waals surface area contributed by atoms with Gasteiger partial charge in [0.05, 0.1) is 19.3 Å². The zero-order chi connectivity index (χ0) is 21.2. The van der Waals surface area contributed by atoms with E-state index in [1.165, 1.54) is 32.0 Å². The molecule has 1 aromatic rings. The maximum atomic E-state index is 13.8. The average Bonchev–Trinajstić information content (AvgIpc) is 2.77. The summed E-state index contributed by atoms with van der Waals surface area (Å²) in [5.74, 6) is 1.48. The van der Waals surface area contributed by atoms with Gasteiger partial charge < -0.3 is 20.3 Å². The Kier molecular flexibility index (Phi) is 12.1. The smallest absolute Gasteiger partial charge is 0.191 e. The fourth-order valence-electron chi connectivity index (χ4n) is 4.27. The highest BCUT2D eigenvalue weighted by atomic mass is 127. The third kappa shape index (κ3) is 8.82. The Morgan fingerprint density at radius 3 is 2.61 bits per heavy atom. The second kappa shape index (κ2) is 14.2. The minimum Gasteiger partial charge on any atom is -0.379 e. The van der Waals surface area contributed by atoms with Gasteiger partial charge in [-0.05, 0) is 62.5 Å². The summed E-state index contributed by atoms with van der Waals surface area (Å²) in [6.45, 7) is 10.6. The van der Waals surface area contributed by atoms with E-state index in [9.17, 15) is 4.39 Å². The Balaban J connectivity index is 0.00000341. The number of aliphatic imine (C=N–C) groups is 1. The third-order valence-corrected chi connectivity index (χ3v) is 6.23. The zero-order valence-corrected chi connectivity index (χ0v) is 21.3. The van der Waals surface area contributed by atoms with Crippen molar-refractivity contribution in [1.29, 1.82) is 0 Å². The highest BCUT2D eigenvalue weighted by molar-refractivity contribution is 14.0. The summed E-state index contributed by atoms with van der Waals surface area (Å²) in [6, 6.07) is 7.00. The zero-order valence-electron chi connectivity index (χ0n) is 19.0. The van der Waals surface area contributed by atoms with Gasteiger partial charge in [-0.15, -0.1) is 24.0 Å². The van der Waals surface area contributed by atoms with Gasteiger partial charge >= 0.3 is 0 Å². The molecule has 0 radical (unpaired) electrons. The Morgan fingerprint density at radius 1 is 1.19 bits per heavy atom. The second-order valence-corrected chi connectivity index (χ2v) is 8.48. The predicted octanol–water partition coefficient (Wildman–Crippen LogP) is 3.10. The summed E-state index contributed by atoms with van der Waals surface area (Å²) in [7, 11) is 1.80. The van der Waals surface area contributed by atoms with Crippen LogP contribution >= 0.6 is 24.0 Å². The normalized spacial score (nSPS) is 20.2. The molecule has 0 saturated carbocycles. The van der Waals surface area contributed by atoms with E-state index in [0.717, 1.165) is 50.0 Å². The van der Waals surface area contributed by atoms with Gasteiger partial charge in [-0.2, -0.15) is 0 Å². The van der Waals surface area contributed by atoms with Crippen molar-refractivity contribution in [2.24, 2.45) is 10.9 Å². The topological polar surface area (TPSA) is 52.1 Å². The summed E-state index contributed by atoms with van der Waals surface area (Å²) in [4.78, 5) is 9.30. The maximum Gasteiger partial charge on any atom is 0.191 e. The van der Waals surface area contributed by atoms with Gasteiger partial charge in [-0.25, -0.2) is 4.39 Å². The number of hydrogen-bond acceptors (Lipinski definition) is 4. The van der Waals surface area contributed by atoms with Crippen LogP contribution < -0.4 is 10.6 Å². The number of halogens is 2. The van der Waals surface area contributed by atoms with Crippen molar-refractivity contribution < 1.29 is 9.13 Å². The van der Waals surface area contributed by atoms with Gasteiger partial charge in [0.2, 0.25) is 0 Å². The fourth-order valence-corrected chi connectivity index (χ4v) is 4.27. The van der Waals surface area contributed by atoms with E-state index < -0.39 is 0 Å². The van der Waals surface area contributed by atoms with E-state index in [-0.39, 0.29) is 35.8 Å². The Labute approximate surface area is 204 Å². The molecular weight excluding hydrogens is 508 g/mol. The molecule has 0 aliphatic carbocycles. The van der Waals surface area contributed by atoms with Crippen LogP contribution in [0.5, 0.6) is 0 Å². The quantitative estimate of drug-likeness (QED) is 0.227. The number of nitrogens with one attached hydrogen (secondary N) is 2. The average molecular weight is 548 g/mol. The standard InChI is InChI=1S/C23H38FN5O.HI/c1-19-7-11-28(12-8-19)10-4-9-26-23(25-2)27-18-22(29-13-15-30-16-14-29)20-5-3-6-21(24)17-20;/h3,5-6,17,19,22H,4,7-16,18H2,1-2H3,(H2,25,26,27);1H. The van der Waals surface area contributed by atoms with Crippen LogP contribution in [0.2, 0.25) is 0 Å². The van der Waals surface area contributed by atoms with Gasteiger partial charge in [-0.3, -0.25) is 9.89 Å². The molecule has 2 aliphatic heterocycles. The Hall–Kier alpha value is -0.970. The Morgan fingerprint density at radius 2 is 1.94 bits per heavy atom. The lowest BCUT2D eigenvalue weighted by molar-refractivity contribution is 0.0169. The number of likely N-dealkylation sites (tertiary alicyclic amines) is 1. The molecule has 3 rings (SSSR count). The van der Waals surface area contributed by atoms with E-state index >= 15 is 0 Å². The molecule has 2 N–H and O–H groups in total. The van der Waals surface area contributed by atoms with Gasteiger partial charge in [0.1, 0.15) is 5.82 Å². The first-order chi connectivity index (χ1) is 14.7. The molecule has 1 aromatic carbocycles. The molecule has 0 bridgehead atoms. The summed E-state index contributed by atoms with van der Waals surface area (Å²) >= 11 is 0. The molecule has 2 heterocycles. The predicted molar refractivity (Wildman–Crippen MR) is 136 cm³/mol. The van der Waals surface area contributed by atoms with Gasteiger partial charge in [-0.1, -0.05) is 19.1 Å². The SMILES string of the molecule is CN=C(NCCCN1CCC(C)CC1)NCC(c1cccc(F)c1)N1CCOCC1.I. The maximum absolute atomic E-state index is 13.8. The monoisotopic (exact) mass is 547 g/mol. The van der Waals surface area contributed by atoms with Gasteiger partial charge in [0, 0.05) is 33.2 Å². The van der Waals surface area contributed by atoms with Crippen LogP contribution in [0.4, 0.5) is 4.39 Å². The van der Waals surface area contributed by atoms with Crippen LogP contribution in [0, 0.1) is 11.7 Å². The van der Waals surface area contributed by atoms with Crippen molar-refractivity contribution in [2.75, 3.05) is 66.1 Å². The molecule has 0 spiro atoms. The van der Waals surface area contributed by atoms with Gasteiger partial charge in [0.15, 0.2) is 5.96 Å². The number of piperidine rings is 1. The molecule has 8 heteroatoms. The third-order valence-electron chi connectivity index (χ3n) is 6.23. The van der Waals surface area contributed by atoms with Crippen LogP contribution in [-0.2, 0) is 4.74 Å². The molecule has 31 heavy (non-hydrogen) atoms.